The van der Waals surface area contributed by atoms with Crippen LogP contribution in [0.2, 0.25) is 0 Å². The van der Waals surface area contributed by atoms with Gasteiger partial charge in [-0.25, -0.2) is 10.2 Å². The van der Waals surface area contributed by atoms with E-state index in [4.69, 9.17) is 9.47 Å². The van der Waals surface area contributed by atoms with Gasteiger partial charge in [0.05, 0.1) is 6.61 Å². The van der Waals surface area contributed by atoms with Crippen LogP contribution in [0.4, 0.5) is 0 Å². The quantitative estimate of drug-likeness (QED) is 0.249. The molecule has 0 amide bonds. The molecule has 2 atom stereocenters. The van der Waals surface area contributed by atoms with Gasteiger partial charge in [-0.15, -0.1) is 0 Å². The van der Waals surface area contributed by atoms with Crippen LogP contribution in [0.15, 0.2) is 30.3 Å². The molecule has 194 valence electrons. The molecule has 8 heteroatoms. The van der Waals surface area contributed by atoms with Crippen molar-refractivity contribution < 1.29 is 23.9 Å². The first-order valence-electron chi connectivity index (χ1n) is 12.2. The number of benzene rings is 2. The maximum atomic E-state index is 13.5. The van der Waals surface area contributed by atoms with Gasteiger partial charge in [0.2, 0.25) is 7.44 Å². The van der Waals surface area contributed by atoms with Crippen LogP contribution < -0.4 is 14.9 Å². The van der Waals surface area contributed by atoms with E-state index < -0.39 is 19.5 Å². The Morgan fingerprint density at radius 3 is 2.20 bits per heavy atom. The number of phenolic OH excluding ortho intramolecular Hbond substituents is 1. The fraction of sp³-hybridized carbons (Fsp3) is 0.519. The van der Waals surface area contributed by atoms with Crippen LogP contribution in [0.3, 0.4) is 0 Å². The summed E-state index contributed by atoms with van der Waals surface area (Å²) in [5, 5.41) is 16.1. The van der Waals surface area contributed by atoms with E-state index in [0.717, 1.165) is 28.7 Å². The molecule has 0 spiro atoms. The average molecular weight is 505 g/mol. The third-order valence-electron chi connectivity index (χ3n) is 5.69. The highest BCUT2D eigenvalue weighted by atomic mass is 31.2. The topological polar surface area (TPSA) is 96.9 Å². The third-order valence-corrected chi connectivity index (χ3v) is 7.92. The Bertz CT molecular complexity index is 1040. The van der Waals surface area contributed by atoms with E-state index in [9.17, 15) is 14.5 Å². The molecule has 0 radical (unpaired) electrons. The van der Waals surface area contributed by atoms with Crippen molar-refractivity contribution in [2.45, 2.75) is 79.8 Å². The molecule has 0 bridgehead atoms. The molecular formula is C27H41N2O5P. The Morgan fingerprint density at radius 1 is 1.03 bits per heavy atom. The standard InChI is InChI=1S/C27H41N2O5P/c1-9-33-27(31)21(8)29-35(32,28-18(4)5)16-34-23-12-19(6)25(20(7)13-23)15-22-10-11-26(30)24(14-22)17(2)3/h10-14,17-18,21,30H,9,15-16H2,1-8H3,(H2,28,29,32)/t21-,35?/m1/s1. The summed E-state index contributed by atoms with van der Waals surface area (Å²) in [4.78, 5) is 12.0. The number of aryl methyl sites for hydroxylation is 2. The predicted octanol–water partition coefficient (Wildman–Crippen LogP) is 5.79. The Balaban J connectivity index is 2.19. The van der Waals surface area contributed by atoms with Crippen LogP contribution in [0.1, 0.15) is 75.3 Å². The van der Waals surface area contributed by atoms with Crippen molar-refractivity contribution in [3.05, 3.63) is 58.1 Å². The van der Waals surface area contributed by atoms with E-state index in [-0.39, 0.29) is 24.9 Å². The summed E-state index contributed by atoms with van der Waals surface area (Å²) < 4.78 is 24.5. The van der Waals surface area contributed by atoms with Crippen LogP contribution in [0.5, 0.6) is 11.5 Å². The van der Waals surface area contributed by atoms with E-state index in [2.05, 4.69) is 30.1 Å². The number of carbonyl (C=O) groups is 1. The number of ether oxygens (including phenoxy) is 2. The SMILES string of the molecule is CCOC(=O)[C@@H](C)NP(=O)(COc1cc(C)c(Cc2ccc(O)c(C(C)C)c2)c(C)c1)NC(C)C. The zero-order valence-electron chi connectivity index (χ0n) is 22.3. The number of esters is 1. The van der Waals surface area contributed by atoms with Crippen molar-refractivity contribution in [1.82, 2.24) is 10.2 Å². The monoisotopic (exact) mass is 504 g/mol. The highest BCUT2D eigenvalue weighted by Gasteiger charge is 2.29. The van der Waals surface area contributed by atoms with Gasteiger partial charge in [-0.2, -0.15) is 0 Å². The highest BCUT2D eigenvalue weighted by Crippen LogP contribution is 2.38. The molecule has 0 saturated carbocycles. The van der Waals surface area contributed by atoms with Gasteiger partial charge in [0.25, 0.3) is 0 Å². The average Bonchev–Trinajstić information content (AvgIpc) is 2.75. The van der Waals surface area contributed by atoms with Crippen molar-refractivity contribution in [1.29, 1.82) is 0 Å². The fourth-order valence-electron chi connectivity index (χ4n) is 4.02. The van der Waals surface area contributed by atoms with Crippen molar-refractivity contribution in [3.8, 4) is 11.5 Å². The number of aromatic hydroxyl groups is 1. The maximum Gasteiger partial charge on any atom is 0.323 e. The van der Waals surface area contributed by atoms with Crippen molar-refractivity contribution in [2.75, 3.05) is 13.0 Å². The summed E-state index contributed by atoms with van der Waals surface area (Å²) in [5.41, 5.74) is 5.40. The first-order chi connectivity index (χ1) is 16.3. The summed E-state index contributed by atoms with van der Waals surface area (Å²) in [6.45, 7) is 15.6. The Morgan fingerprint density at radius 2 is 1.66 bits per heavy atom. The van der Waals surface area contributed by atoms with Crippen LogP contribution in [0.25, 0.3) is 0 Å². The lowest BCUT2D eigenvalue weighted by atomic mass is 9.93. The van der Waals surface area contributed by atoms with E-state index in [1.165, 1.54) is 5.56 Å². The van der Waals surface area contributed by atoms with Gasteiger partial charge in [-0.3, -0.25) is 9.36 Å². The summed E-state index contributed by atoms with van der Waals surface area (Å²) in [7, 11) is -3.24. The van der Waals surface area contributed by atoms with Gasteiger partial charge < -0.3 is 14.6 Å². The summed E-state index contributed by atoms with van der Waals surface area (Å²) in [5.74, 6) is 0.729. The van der Waals surface area contributed by atoms with Gasteiger partial charge in [0, 0.05) is 6.04 Å². The number of phenols is 1. The van der Waals surface area contributed by atoms with Gasteiger partial charge >= 0.3 is 5.97 Å². The molecule has 0 fully saturated rings. The molecule has 0 heterocycles. The zero-order chi connectivity index (χ0) is 26.3. The third kappa shape index (κ3) is 8.38. The van der Waals surface area contributed by atoms with Crippen molar-refractivity contribution in [3.63, 3.8) is 0 Å². The molecule has 0 aromatic heterocycles. The normalized spacial score (nSPS) is 14.1. The number of hydrogen-bond donors (Lipinski definition) is 3. The smallest absolute Gasteiger partial charge is 0.323 e. The van der Waals surface area contributed by atoms with Crippen molar-refractivity contribution >= 4 is 13.4 Å². The second-order valence-corrected chi connectivity index (χ2v) is 11.9. The van der Waals surface area contributed by atoms with Crippen LogP contribution >= 0.6 is 7.44 Å². The lowest BCUT2D eigenvalue weighted by molar-refractivity contribution is -0.144. The molecule has 35 heavy (non-hydrogen) atoms. The largest absolute Gasteiger partial charge is 0.508 e. The predicted molar refractivity (Wildman–Crippen MR) is 142 cm³/mol. The molecule has 3 N–H and O–H groups in total. The molecule has 2 aromatic rings. The van der Waals surface area contributed by atoms with Gasteiger partial charge in [0.15, 0.2) is 6.35 Å². The van der Waals surface area contributed by atoms with Crippen molar-refractivity contribution in [2.24, 2.45) is 0 Å². The zero-order valence-corrected chi connectivity index (χ0v) is 23.2. The van der Waals surface area contributed by atoms with Gasteiger partial charge in [0.1, 0.15) is 17.5 Å². The highest BCUT2D eigenvalue weighted by molar-refractivity contribution is 7.59. The fourth-order valence-corrected chi connectivity index (χ4v) is 6.14. The number of hydrogen-bond acceptors (Lipinski definition) is 5. The lowest BCUT2D eigenvalue weighted by Crippen LogP contribution is -2.40. The summed E-state index contributed by atoms with van der Waals surface area (Å²) >= 11 is 0. The summed E-state index contributed by atoms with van der Waals surface area (Å²) in [6.07, 6.45) is 0.632. The molecule has 0 aliphatic carbocycles. The van der Waals surface area contributed by atoms with Gasteiger partial charge in [-0.1, -0.05) is 26.0 Å². The van der Waals surface area contributed by atoms with E-state index in [0.29, 0.717) is 11.5 Å². The number of carbonyl (C=O) groups excluding carboxylic acids is 1. The minimum absolute atomic E-state index is 0.0711. The Kier molecular flexibility index (Phi) is 10.4. The van der Waals surface area contributed by atoms with E-state index >= 15 is 0 Å². The molecule has 7 nitrogen and oxygen atoms in total. The molecule has 2 rings (SSSR count). The van der Waals surface area contributed by atoms with Crippen LogP contribution in [-0.2, 0) is 20.5 Å². The minimum atomic E-state index is -3.24. The van der Waals surface area contributed by atoms with Crippen LogP contribution in [-0.4, -0.2) is 36.1 Å². The molecule has 0 saturated heterocycles. The van der Waals surface area contributed by atoms with Gasteiger partial charge in [-0.05, 0) is 99.9 Å². The molecule has 1 unspecified atom stereocenters. The van der Waals surface area contributed by atoms with E-state index in [1.54, 1.807) is 19.9 Å². The second kappa shape index (κ2) is 12.6. The second-order valence-electron chi connectivity index (χ2n) is 9.66. The first kappa shape index (κ1) is 28.9. The maximum absolute atomic E-state index is 13.5. The Hall–Kier alpha value is -2.34. The van der Waals surface area contributed by atoms with Crippen LogP contribution in [0, 0.1) is 13.8 Å². The number of nitrogens with one attached hydrogen (secondary N) is 2. The summed E-state index contributed by atoms with van der Waals surface area (Å²) in [6, 6.07) is 8.86. The molecule has 2 aromatic carbocycles. The van der Waals surface area contributed by atoms with E-state index in [1.807, 2.05) is 45.9 Å². The molecular weight excluding hydrogens is 463 g/mol. The molecule has 0 aliphatic heterocycles. The Labute approximate surface area is 210 Å². The minimum Gasteiger partial charge on any atom is -0.508 e. The number of rotatable bonds is 12. The first-order valence-corrected chi connectivity index (χ1v) is 14.1. The lowest BCUT2D eigenvalue weighted by Gasteiger charge is -2.26. The molecule has 0 aliphatic rings.